The lowest BCUT2D eigenvalue weighted by molar-refractivity contribution is -0.115. The van der Waals surface area contributed by atoms with Crippen molar-refractivity contribution in [2.75, 3.05) is 29.9 Å². The number of hydrogen-bond donors (Lipinski definition) is 2. The van der Waals surface area contributed by atoms with Gasteiger partial charge in [-0.15, -0.1) is 11.3 Å². The summed E-state index contributed by atoms with van der Waals surface area (Å²) in [5, 5.41) is 7.83. The second kappa shape index (κ2) is 10.8. The maximum Gasteiger partial charge on any atom is 0.253 e. The molecule has 1 aromatic carbocycles. The fourth-order valence-electron chi connectivity index (χ4n) is 4.22. The van der Waals surface area contributed by atoms with Crippen LogP contribution in [0.4, 0.5) is 10.8 Å². The Morgan fingerprint density at radius 2 is 1.94 bits per heavy atom. The summed E-state index contributed by atoms with van der Waals surface area (Å²) in [4.78, 5) is 31.3. The van der Waals surface area contributed by atoms with E-state index in [1.807, 2.05) is 38.4 Å². The average molecular weight is 482 g/mol. The molecule has 2 amide bonds. The fourth-order valence-corrected chi connectivity index (χ4v) is 4.95. The summed E-state index contributed by atoms with van der Waals surface area (Å²) in [6, 6.07) is 10.0. The number of aryl methyl sites for hydroxylation is 1. The van der Waals surface area contributed by atoms with Crippen LogP contribution in [0.2, 0.25) is 0 Å². The monoisotopic (exact) mass is 481 g/mol. The van der Waals surface area contributed by atoms with Gasteiger partial charge in [-0.05, 0) is 31.0 Å². The van der Waals surface area contributed by atoms with E-state index in [1.54, 1.807) is 23.0 Å². The number of thiazole rings is 1. The third kappa shape index (κ3) is 5.66. The third-order valence-corrected chi connectivity index (χ3v) is 6.56. The zero-order valence-corrected chi connectivity index (χ0v) is 20.6. The van der Waals surface area contributed by atoms with E-state index in [1.165, 1.54) is 17.0 Å². The average Bonchev–Trinajstić information content (AvgIpc) is 3.59. The first-order valence-corrected chi connectivity index (χ1v) is 12.6. The van der Waals surface area contributed by atoms with Crippen molar-refractivity contribution in [1.82, 2.24) is 14.9 Å². The molecular formula is C25H31N5O3S. The first-order chi connectivity index (χ1) is 16.5. The van der Waals surface area contributed by atoms with E-state index in [2.05, 4.69) is 32.7 Å². The molecule has 0 aliphatic carbocycles. The van der Waals surface area contributed by atoms with E-state index in [0.717, 1.165) is 37.2 Å². The number of rotatable bonds is 6. The van der Waals surface area contributed by atoms with Gasteiger partial charge in [-0.3, -0.25) is 9.59 Å². The number of anilines is 2. The fraction of sp³-hybridized carbons (Fsp3) is 0.400. The molecule has 0 spiro atoms. The second-order valence-electron chi connectivity index (χ2n) is 8.25. The predicted molar refractivity (Wildman–Crippen MR) is 135 cm³/mol. The van der Waals surface area contributed by atoms with Crippen LogP contribution in [0, 0.1) is 0 Å². The van der Waals surface area contributed by atoms with Crippen LogP contribution >= 0.6 is 11.3 Å². The zero-order chi connectivity index (χ0) is 24.1. The smallest absolute Gasteiger partial charge is 0.253 e. The molecule has 2 aromatic heterocycles. The molecule has 9 heteroatoms. The number of amides is 2. The maximum atomic E-state index is 12.2. The Balaban J connectivity index is 0.00000133. The maximum absolute atomic E-state index is 12.2. The highest BCUT2D eigenvalue weighted by molar-refractivity contribution is 7.14. The second-order valence-corrected chi connectivity index (χ2v) is 9.11. The number of morpholine rings is 1. The van der Waals surface area contributed by atoms with Crippen LogP contribution in [-0.2, 0) is 16.6 Å². The molecule has 2 aliphatic heterocycles. The number of aromatic nitrogens is 2. The van der Waals surface area contributed by atoms with E-state index in [9.17, 15) is 9.59 Å². The van der Waals surface area contributed by atoms with Crippen molar-refractivity contribution in [2.45, 2.75) is 38.9 Å². The number of ether oxygens (including phenoxy) is 1. The van der Waals surface area contributed by atoms with E-state index in [-0.39, 0.29) is 18.4 Å². The SMILES string of the molecule is CC.Cn1ccc(C(=O)NCC(=O)Nc2nc(-c3cccc(N4CC5CCC(C4)O5)c3)cs2)c1. The Bertz CT molecular complexity index is 1130. The predicted octanol–water partition coefficient (Wildman–Crippen LogP) is 3.91. The van der Waals surface area contributed by atoms with E-state index >= 15 is 0 Å². The molecule has 2 aliphatic rings. The number of nitrogens with zero attached hydrogens (tertiary/aromatic N) is 3. The van der Waals surface area contributed by atoms with Crippen molar-refractivity contribution in [3.8, 4) is 11.3 Å². The van der Waals surface area contributed by atoms with Crippen LogP contribution < -0.4 is 15.5 Å². The number of hydrogen-bond acceptors (Lipinski definition) is 6. The molecule has 8 nitrogen and oxygen atoms in total. The normalized spacial score (nSPS) is 18.7. The molecule has 2 unspecified atom stereocenters. The van der Waals surface area contributed by atoms with Crippen molar-refractivity contribution in [1.29, 1.82) is 0 Å². The van der Waals surface area contributed by atoms with Crippen LogP contribution in [0.3, 0.4) is 0 Å². The van der Waals surface area contributed by atoms with Crippen molar-refractivity contribution in [3.63, 3.8) is 0 Å². The highest BCUT2D eigenvalue weighted by Crippen LogP contribution is 2.32. The molecule has 2 saturated heterocycles. The molecule has 0 saturated carbocycles. The zero-order valence-electron chi connectivity index (χ0n) is 19.8. The highest BCUT2D eigenvalue weighted by atomic mass is 32.1. The molecular weight excluding hydrogens is 450 g/mol. The first-order valence-electron chi connectivity index (χ1n) is 11.7. The lowest BCUT2D eigenvalue weighted by atomic mass is 10.1. The number of fused-ring (bicyclic) bond motifs is 2. The van der Waals surface area contributed by atoms with Gasteiger partial charge in [0.15, 0.2) is 5.13 Å². The van der Waals surface area contributed by atoms with Crippen LogP contribution in [0.25, 0.3) is 11.3 Å². The topological polar surface area (TPSA) is 88.5 Å². The van der Waals surface area contributed by atoms with Gasteiger partial charge in [0.05, 0.1) is 30.0 Å². The Kier molecular flexibility index (Phi) is 7.64. The highest BCUT2D eigenvalue weighted by Gasteiger charge is 2.33. The van der Waals surface area contributed by atoms with Crippen LogP contribution in [-0.4, -0.2) is 53.2 Å². The molecule has 3 aromatic rings. The lowest BCUT2D eigenvalue weighted by Gasteiger charge is -2.34. The molecule has 2 fully saturated rings. The van der Waals surface area contributed by atoms with Gasteiger partial charge in [0.2, 0.25) is 5.91 Å². The van der Waals surface area contributed by atoms with Gasteiger partial charge >= 0.3 is 0 Å². The Hall–Kier alpha value is -3.17. The quantitative estimate of drug-likeness (QED) is 0.557. The van der Waals surface area contributed by atoms with Gasteiger partial charge in [0, 0.05) is 49.2 Å². The first kappa shape index (κ1) is 24.0. The van der Waals surface area contributed by atoms with Crippen molar-refractivity contribution < 1.29 is 14.3 Å². The summed E-state index contributed by atoms with van der Waals surface area (Å²) in [6.07, 6.45) is 6.44. The molecule has 2 N–H and O–H groups in total. The summed E-state index contributed by atoms with van der Waals surface area (Å²) >= 11 is 1.37. The minimum atomic E-state index is -0.312. The summed E-state index contributed by atoms with van der Waals surface area (Å²) in [5.41, 5.74) is 3.52. The van der Waals surface area contributed by atoms with Gasteiger partial charge in [-0.1, -0.05) is 26.0 Å². The van der Waals surface area contributed by atoms with E-state index in [0.29, 0.717) is 22.9 Å². The van der Waals surface area contributed by atoms with Crippen molar-refractivity contribution in [2.24, 2.45) is 7.05 Å². The van der Waals surface area contributed by atoms with Gasteiger partial charge in [0.1, 0.15) is 0 Å². The molecule has 2 atom stereocenters. The number of carbonyl (C=O) groups excluding carboxylic acids is 2. The minimum Gasteiger partial charge on any atom is -0.371 e. The van der Waals surface area contributed by atoms with Crippen molar-refractivity contribution in [3.05, 3.63) is 53.7 Å². The molecule has 4 heterocycles. The summed E-state index contributed by atoms with van der Waals surface area (Å²) < 4.78 is 7.73. The molecule has 34 heavy (non-hydrogen) atoms. The third-order valence-electron chi connectivity index (χ3n) is 5.80. The summed E-state index contributed by atoms with van der Waals surface area (Å²) in [5.74, 6) is -0.596. The summed E-state index contributed by atoms with van der Waals surface area (Å²) in [7, 11) is 1.84. The van der Waals surface area contributed by atoms with Crippen molar-refractivity contribution >= 4 is 34.0 Å². The van der Waals surface area contributed by atoms with Gasteiger partial charge in [-0.2, -0.15) is 0 Å². The standard InChI is InChI=1S/C23H25N5O3S.C2H6/c1-27-8-7-16(11-27)22(30)24-10-21(29)26-23-25-20(14-32-23)15-3-2-4-17(9-15)28-12-18-5-6-19(13-28)31-18;1-2/h2-4,7-9,11,14,18-19H,5-6,10,12-13H2,1H3,(H,24,30)(H,25,26,29);1-2H3. The molecule has 180 valence electrons. The molecule has 2 bridgehead atoms. The van der Waals surface area contributed by atoms with E-state index < -0.39 is 0 Å². The number of benzene rings is 1. The molecule has 0 radical (unpaired) electrons. The Morgan fingerprint density at radius 1 is 1.18 bits per heavy atom. The lowest BCUT2D eigenvalue weighted by Crippen LogP contribution is -2.42. The van der Waals surface area contributed by atoms with Crippen LogP contribution in [0.15, 0.2) is 48.1 Å². The largest absolute Gasteiger partial charge is 0.371 e. The van der Waals surface area contributed by atoms with Crippen LogP contribution in [0.1, 0.15) is 37.0 Å². The van der Waals surface area contributed by atoms with Crippen LogP contribution in [0.5, 0.6) is 0 Å². The van der Waals surface area contributed by atoms with Gasteiger partial charge in [-0.25, -0.2) is 4.98 Å². The van der Waals surface area contributed by atoms with E-state index in [4.69, 9.17) is 4.74 Å². The van der Waals surface area contributed by atoms with Gasteiger partial charge < -0.3 is 24.8 Å². The Labute approximate surface area is 203 Å². The summed E-state index contributed by atoms with van der Waals surface area (Å²) in [6.45, 7) is 5.73. The molecule has 5 rings (SSSR count). The number of nitrogens with one attached hydrogen (secondary N) is 2. The Morgan fingerprint density at radius 3 is 2.65 bits per heavy atom. The number of carbonyl (C=O) groups is 2. The minimum absolute atomic E-state index is 0.114. The van der Waals surface area contributed by atoms with Gasteiger partial charge in [0.25, 0.3) is 5.91 Å².